The fraction of sp³-hybridized carbons (Fsp3) is 0.476. The monoisotopic (exact) mass is 436 g/mol. The summed E-state index contributed by atoms with van der Waals surface area (Å²) in [6.45, 7) is 11.0. The number of nitrogens with zero attached hydrogens (tertiary/aromatic N) is 2. The molecule has 9 heteroatoms. The van der Waals surface area contributed by atoms with Crippen LogP contribution in [0.3, 0.4) is 0 Å². The number of hydrogen-bond acceptors (Lipinski definition) is 6. The first kappa shape index (κ1) is 23.6. The minimum Gasteiger partial charge on any atom is -0.491 e. The number of rotatable bonds is 9. The number of carbonyl (C=O) groups excluding carboxylic acids is 1. The molecule has 0 spiro atoms. The van der Waals surface area contributed by atoms with Gasteiger partial charge in [-0.15, -0.1) is 11.3 Å². The summed E-state index contributed by atoms with van der Waals surface area (Å²) in [6.07, 6.45) is 0. The third-order valence-electron chi connectivity index (χ3n) is 4.06. The van der Waals surface area contributed by atoms with Gasteiger partial charge in [-0.05, 0) is 52.3 Å². The van der Waals surface area contributed by atoms with Gasteiger partial charge in [-0.2, -0.15) is 0 Å². The minimum absolute atomic E-state index is 0.174. The van der Waals surface area contributed by atoms with Crippen molar-refractivity contribution in [3.05, 3.63) is 45.2 Å². The van der Waals surface area contributed by atoms with Gasteiger partial charge >= 0.3 is 5.97 Å². The molecule has 164 valence electrons. The van der Waals surface area contributed by atoms with E-state index in [1.807, 2.05) is 20.8 Å². The van der Waals surface area contributed by atoms with Crippen LogP contribution in [0.1, 0.15) is 59.7 Å². The van der Waals surface area contributed by atoms with Crippen molar-refractivity contribution in [2.24, 2.45) is 4.99 Å². The van der Waals surface area contributed by atoms with Gasteiger partial charge in [-0.25, -0.2) is 19.2 Å². The lowest BCUT2D eigenvalue weighted by Gasteiger charge is -2.16. The summed E-state index contributed by atoms with van der Waals surface area (Å²) in [5.74, 6) is 0.0509. The standard InChI is InChI=1S/C21H29FN4O3S/c1-6-23-21(24-12-15-9-10-17(28-7-2)16(22)11-15)26-14(5)19-25-13(4)18(30-19)20(27)29-8-3/h9-11,14H,6-8,12H2,1-5H3,(H2,23,24,26). The fourth-order valence-electron chi connectivity index (χ4n) is 2.66. The number of halogens is 1. The summed E-state index contributed by atoms with van der Waals surface area (Å²) >= 11 is 1.30. The first-order valence-electron chi connectivity index (χ1n) is 10.00. The van der Waals surface area contributed by atoms with Crippen molar-refractivity contribution in [2.75, 3.05) is 19.8 Å². The van der Waals surface area contributed by atoms with E-state index in [4.69, 9.17) is 9.47 Å². The van der Waals surface area contributed by atoms with Gasteiger partial charge < -0.3 is 20.1 Å². The number of thiazole rings is 1. The van der Waals surface area contributed by atoms with E-state index in [0.29, 0.717) is 42.8 Å². The summed E-state index contributed by atoms with van der Waals surface area (Å²) in [6, 6.07) is 4.66. The molecule has 0 amide bonds. The Morgan fingerprint density at radius 2 is 2.07 bits per heavy atom. The first-order chi connectivity index (χ1) is 14.4. The van der Waals surface area contributed by atoms with Crippen molar-refractivity contribution in [2.45, 2.75) is 47.2 Å². The van der Waals surface area contributed by atoms with E-state index in [-0.39, 0.29) is 17.8 Å². The molecule has 0 aliphatic carbocycles. The minimum atomic E-state index is -0.402. The molecule has 2 N–H and O–H groups in total. The highest BCUT2D eigenvalue weighted by Gasteiger charge is 2.20. The third kappa shape index (κ3) is 6.41. The lowest BCUT2D eigenvalue weighted by atomic mass is 10.2. The highest BCUT2D eigenvalue weighted by Crippen LogP contribution is 2.24. The van der Waals surface area contributed by atoms with Crippen LogP contribution in [-0.2, 0) is 11.3 Å². The Hall–Kier alpha value is -2.68. The number of ether oxygens (including phenoxy) is 2. The SMILES string of the molecule is CCNC(=NCc1ccc(OCC)c(F)c1)NC(C)c1nc(C)c(C(=O)OCC)s1. The van der Waals surface area contributed by atoms with Crippen LogP contribution in [0.15, 0.2) is 23.2 Å². The van der Waals surface area contributed by atoms with E-state index < -0.39 is 5.82 Å². The fourth-order valence-corrected chi connectivity index (χ4v) is 3.62. The zero-order chi connectivity index (χ0) is 22.1. The van der Waals surface area contributed by atoms with E-state index >= 15 is 0 Å². The number of guanidine groups is 1. The van der Waals surface area contributed by atoms with E-state index in [0.717, 1.165) is 10.6 Å². The van der Waals surface area contributed by atoms with E-state index in [9.17, 15) is 9.18 Å². The Morgan fingerprint density at radius 3 is 2.70 bits per heavy atom. The Balaban J connectivity index is 2.10. The normalized spacial score (nSPS) is 12.4. The maximum absolute atomic E-state index is 14.1. The quantitative estimate of drug-likeness (QED) is 0.351. The molecule has 0 saturated carbocycles. The van der Waals surface area contributed by atoms with Crippen molar-refractivity contribution in [3.8, 4) is 5.75 Å². The molecule has 30 heavy (non-hydrogen) atoms. The summed E-state index contributed by atoms with van der Waals surface area (Å²) in [4.78, 5) is 21.6. The number of aromatic nitrogens is 1. The van der Waals surface area contributed by atoms with Crippen LogP contribution in [0.4, 0.5) is 4.39 Å². The van der Waals surface area contributed by atoms with Crippen LogP contribution in [0, 0.1) is 12.7 Å². The second-order valence-electron chi connectivity index (χ2n) is 6.45. The van der Waals surface area contributed by atoms with Gasteiger partial charge in [0.05, 0.1) is 31.5 Å². The molecular weight excluding hydrogens is 407 g/mol. The number of hydrogen-bond donors (Lipinski definition) is 2. The second-order valence-corrected chi connectivity index (χ2v) is 7.48. The highest BCUT2D eigenvalue weighted by atomic mass is 32.1. The maximum atomic E-state index is 14.1. The molecule has 1 atom stereocenters. The molecule has 0 radical (unpaired) electrons. The van der Waals surface area contributed by atoms with Gasteiger partial charge in [0.1, 0.15) is 9.88 Å². The molecule has 2 rings (SSSR count). The predicted molar refractivity (Wildman–Crippen MR) is 117 cm³/mol. The van der Waals surface area contributed by atoms with Crippen LogP contribution in [0.25, 0.3) is 0 Å². The van der Waals surface area contributed by atoms with Crippen molar-refractivity contribution >= 4 is 23.3 Å². The van der Waals surface area contributed by atoms with E-state index in [2.05, 4.69) is 20.6 Å². The average molecular weight is 437 g/mol. The molecule has 0 aliphatic heterocycles. The zero-order valence-electron chi connectivity index (χ0n) is 18.0. The molecule has 0 fully saturated rings. The van der Waals surface area contributed by atoms with Crippen LogP contribution >= 0.6 is 11.3 Å². The van der Waals surface area contributed by atoms with Crippen LogP contribution in [0.5, 0.6) is 5.75 Å². The van der Waals surface area contributed by atoms with Gasteiger partial charge in [0.15, 0.2) is 17.5 Å². The zero-order valence-corrected chi connectivity index (χ0v) is 18.9. The molecule has 1 aromatic heterocycles. The molecule has 0 aliphatic rings. The highest BCUT2D eigenvalue weighted by molar-refractivity contribution is 7.13. The second kappa shape index (κ2) is 11.5. The van der Waals surface area contributed by atoms with Gasteiger partial charge in [-0.1, -0.05) is 6.07 Å². The van der Waals surface area contributed by atoms with E-state index in [1.165, 1.54) is 17.4 Å². The Morgan fingerprint density at radius 1 is 1.30 bits per heavy atom. The van der Waals surface area contributed by atoms with Crippen molar-refractivity contribution in [1.82, 2.24) is 15.6 Å². The van der Waals surface area contributed by atoms with Gasteiger partial charge in [0.25, 0.3) is 0 Å². The largest absolute Gasteiger partial charge is 0.491 e. The topological polar surface area (TPSA) is 84.8 Å². The van der Waals surface area contributed by atoms with Gasteiger partial charge in [-0.3, -0.25) is 0 Å². The number of aliphatic imine (C=N–C) groups is 1. The Kier molecular flexibility index (Phi) is 9.04. The van der Waals surface area contributed by atoms with Gasteiger partial charge in [0, 0.05) is 6.54 Å². The summed E-state index contributed by atoms with van der Waals surface area (Å²) in [5, 5.41) is 7.21. The Labute approximate surface area is 180 Å². The lowest BCUT2D eigenvalue weighted by Crippen LogP contribution is -2.38. The number of aryl methyl sites for hydroxylation is 1. The van der Waals surface area contributed by atoms with Crippen molar-refractivity contribution in [3.63, 3.8) is 0 Å². The molecule has 2 aromatic rings. The van der Waals surface area contributed by atoms with Gasteiger partial charge in [0.2, 0.25) is 0 Å². The molecule has 7 nitrogen and oxygen atoms in total. The lowest BCUT2D eigenvalue weighted by molar-refractivity contribution is 0.0531. The molecule has 0 saturated heterocycles. The average Bonchev–Trinajstić information content (AvgIpc) is 3.10. The third-order valence-corrected chi connectivity index (χ3v) is 5.38. The summed E-state index contributed by atoms with van der Waals surface area (Å²) in [7, 11) is 0. The summed E-state index contributed by atoms with van der Waals surface area (Å²) in [5.41, 5.74) is 1.38. The first-order valence-corrected chi connectivity index (χ1v) is 10.8. The summed E-state index contributed by atoms with van der Waals surface area (Å²) < 4.78 is 24.4. The molecule has 1 aromatic carbocycles. The van der Waals surface area contributed by atoms with Crippen LogP contribution < -0.4 is 15.4 Å². The van der Waals surface area contributed by atoms with Crippen LogP contribution in [0.2, 0.25) is 0 Å². The number of esters is 1. The molecule has 1 unspecified atom stereocenters. The number of carbonyl (C=O) groups is 1. The molecular formula is C21H29FN4O3S. The molecule has 0 bridgehead atoms. The van der Waals surface area contributed by atoms with E-state index in [1.54, 1.807) is 26.0 Å². The Bertz CT molecular complexity index is 885. The number of nitrogens with one attached hydrogen (secondary N) is 2. The van der Waals surface area contributed by atoms with Crippen molar-refractivity contribution < 1.29 is 18.7 Å². The number of benzene rings is 1. The predicted octanol–water partition coefficient (Wildman–Crippen LogP) is 3.98. The van der Waals surface area contributed by atoms with Crippen molar-refractivity contribution in [1.29, 1.82) is 0 Å². The van der Waals surface area contributed by atoms with Crippen LogP contribution in [-0.4, -0.2) is 36.7 Å². The maximum Gasteiger partial charge on any atom is 0.350 e. The smallest absolute Gasteiger partial charge is 0.350 e. The molecule has 1 heterocycles.